The largest absolute Gasteiger partial charge is 2.00 e. The SMILES string of the molecule is CI.[Zr+2].c1cc[cH-]c1.c1cc[cH-]c1. The molecule has 2 heteroatoms. The van der Waals surface area contributed by atoms with Gasteiger partial charge in [-0.1, -0.05) is 22.6 Å². The van der Waals surface area contributed by atoms with Gasteiger partial charge in [0.1, 0.15) is 0 Å². The van der Waals surface area contributed by atoms with Crippen molar-refractivity contribution in [2.24, 2.45) is 0 Å². The first kappa shape index (κ1) is 15.8. The number of halogens is 1. The van der Waals surface area contributed by atoms with Gasteiger partial charge in [-0.05, 0) is 4.93 Å². The quantitative estimate of drug-likeness (QED) is 0.379. The predicted octanol–water partition coefficient (Wildman–Crippen LogP) is 3.86. The second-order valence-electron chi connectivity index (χ2n) is 1.92. The molecule has 0 bridgehead atoms. The van der Waals surface area contributed by atoms with Gasteiger partial charge >= 0.3 is 26.2 Å². The van der Waals surface area contributed by atoms with Gasteiger partial charge in [-0.3, -0.25) is 0 Å². The van der Waals surface area contributed by atoms with Crippen molar-refractivity contribution in [1.82, 2.24) is 0 Å². The van der Waals surface area contributed by atoms with Crippen molar-refractivity contribution < 1.29 is 26.2 Å². The summed E-state index contributed by atoms with van der Waals surface area (Å²) in [5.41, 5.74) is 0. The van der Waals surface area contributed by atoms with E-state index in [1.807, 2.05) is 65.6 Å². The third kappa shape index (κ3) is 12.3. The Kier molecular flexibility index (Phi) is 18.0. The van der Waals surface area contributed by atoms with Crippen LogP contribution in [0.25, 0.3) is 0 Å². The van der Waals surface area contributed by atoms with Gasteiger partial charge in [0, 0.05) is 0 Å². The van der Waals surface area contributed by atoms with Crippen molar-refractivity contribution >= 4 is 22.6 Å². The van der Waals surface area contributed by atoms with Gasteiger partial charge < -0.3 is 0 Å². The van der Waals surface area contributed by atoms with Crippen LogP contribution in [0.1, 0.15) is 0 Å². The van der Waals surface area contributed by atoms with Gasteiger partial charge in [0.15, 0.2) is 0 Å². The Morgan fingerprint density at radius 2 is 0.923 bits per heavy atom. The molecule has 0 atom stereocenters. The van der Waals surface area contributed by atoms with Crippen LogP contribution >= 0.6 is 22.6 Å². The number of hydrogen-bond donors (Lipinski definition) is 0. The van der Waals surface area contributed by atoms with E-state index >= 15 is 0 Å². The number of rotatable bonds is 0. The van der Waals surface area contributed by atoms with E-state index < -0.39 is 0 Å². The maximum atomic E-state index is 2.15. The van der Waals surface area contributed by atoms with Gasteiger partial charge in [0.25, 0.3) is 0 Å². The Bertz CT molecular complexity index is 149. The first-order valence-electron chi connectivity index (χ1n) is 3.71. The van der Waals surface area contributed by atoms with Gasteiger partial charge in [-0.25, -0.2) is 24.3 Å². The van der Waals surface area contributed by atoms with Gasteiger partial charge in [0.05, 0.1) is 0 Å². The minimum Gasteiger partial charge on any atom is -0.214 e. The van der Waals surface area contributed by atoms with Crippen LogP contribution in [0.4, 0.5) is 0 Å². The Labute approximate surface area is 113 Å². The van der Waals surface area contributed by atoms with Crippen LogP contribution in [-0.2, 0) is 26.2 Å². The number of hydrogen-bond acceptors (Lipinski definition) is 0. The van der Waals surface area contributed by atoms with Crippen molar-refractivity contribution in [1.29, 1.82) is 0 Å². The van der Waals surface area contributed by atoms with E-state index in [9.17, 15) is 0 Å². The van der Waals surface area contributed by atoms with Crippen LogP contribution in [-0.4, -0.2) is 4.93 Å². The fourth-order valence-electron chi connectivity index (χ4n) is 0.642. The summed E-state index contributed by atoms with van der Waals surface area (Å²) < 4.78 is 0. The molecule has 0 spiro atoms. The van der Waals surface area contributed by atoms with E-state index in [0.29, 0.717) is 0 Å². The Morgan fingerprint density at radius 3 is 1.00 bits per heavy atom. The second kappa shape index (κ2) is 14.8. The van der Waals surface area contributed by atoms with Crippen LogP contribution in [0.3, 0.4) is 0 Å². The molecule has 0 N–H and O–H groups in total. The molecule has 0 heterocycles. The molecule has 0 aliphatic heterocycles. The summed E-state index contributed by atoms with van der Waals surface area (Å²) in [5.74, 6) is 0. The van der Waals surface area contributed by atoms with Crippen molar-refractivity contribution in [3.05, 3.63) is 60.7 Å². The van der Waals surface area contributed by atoms with Crippen LogP contribution in [0, 0.1) is 0 Å². The van der Waals surface area contributed by atoms with Gasteiger partial charge in [-0.2, -0.15) is 36.4 Å². The van der Waals surface area contributed by atoms with Crippen molar-refractivity contribution in [3.63, 3.8) is 0 Å². The summed E-state index contributed by atoms with van der Waals surface area (Å²) in [6.07, 6.45) is 0. The van der Waals surface area contributed by atoms with E-state index in [4.69, 9.17) is 0 Å². The minimum atomic E-state index is 0. The smallest absolute Gasteiger partial charge is 0.214 e. The Balaban J connectivity index is 0. The molecule has 0 radical (unpaired) electrons. The molecular formula is C11H13IZr. The summed E-state index contributed by atoms with van der Waals surface area (Å²) in [5, 5.41) is 0. The summed E-state index contributed by atoms with van der Waals surface area (Å²) in [6.45, 7) is 0. The number of alkyl halides is 1. The fraction of sp³-hybridized carbons (Fsp3) is 0.0909. The third-order valence-electron chi connectivity index (χ3n) is 1.11. The van der Waals surface area contributed by atoms with Crippen molar-refractivity contribution in [2.45, 2.75) is 0 Å². The minimum absolute atomic E-state index is 0. The zero-order valence-corrected chi connectivity index (χ0v) is 12.3. The van der Waals surface area contributed by atoms with Crippen molar-refractivity contribution in [2.75, 3.05) is 4.93 Å². The summed E-state index contributed by atoms with van der Waals surface area (Å²) >= 11 is 2.15. The maximum Gasteiger partial charge on any atom is 2.00 e. The van der Waals surface area contributed by atoms with Crippen LogP contribution < -0.4 is 0 Å². The maximum absolute atomic E-state index is 2.15. The summed E-state index contributed by atoms with van der Waals surface area (Å²) in [6, 6.07) is 20.0. The standard InChI is InChI=1S/2C5H5.CH3I.Zr/c2*1-2-4-5-3-1;1-2;/h2*1-5H;1H3;/q2*-1;;+2. The molecule has 0 saturated heterocycles. The molecule has 0 nitrogen and oxygen atoms in total. The first-order valence-corrected chi connectivity index (χ1v) is 5.87. The van der Waals surface area contributed by atoms with E-state index in [1.54, 1.807) is 0 Å². The zero-order valence-electron chi connectivity index (χ0n) is 7.65. The van der Waals surface area contributed by atoms with Gasteiger partial charge in [-0.15, -0.1) is 0 Å². The molecule has 0 aliphatic carbocycles. The third-order valence-corrected chi connectivity index (χ3v) is 1.11. The molecule has 0 unspecified atom stereocenters. The molecular weight excluding hydrogens is 350 g/mol. The molecule has 0 aliphatic rings. The molecule has 68 valence electrons. The molecule has 0 saturated carbocycles. The first-order chi connectivity index (χ1) is 6.00. The molecule has 0 fully saturated rings. The fourth-order valence-corrected chi connectivity index (χ4v) is 0.642. The predicted molar refractivity (Wildman–Crippen MR) is 64.0 cm³/mol. The molecule has 13 heavy (non-hydrogen) atoms. The molecule has 2 rings (SSSR count). The van der Waals surface area contributed by atoms with Crippen molar-refractivity contribution in [3.8, 4) is 0 Å². The average Bonchev–Trinajstić information content (AvgIpc) is 2.87. The summed E-state index contributed by atoms with van der Waals surface area (Å²) in [7, 11) is 0. The molecule has 2 aromatic carbocycles. The van der Waals surface area contributed by atoms with E-state index in [2.05, 4.69) is 22.6 Å². The summed E-state index contributed by atoms with van der Waals surface area (Å²) in [4.78, 5) is 1.97. The Morgan fingerprint density at radius 1 is 0.692 bits per heavy atom. The molecule has 2 aromatic rings. The zero-order chi connectivity index (χ0) is 9.07. The Hall–Kier alpha value is 0.313. The van der Waals surface area contributed by atoms with Crippen LogP contribution in [0.2, 0.25) is 0 Å². The average molecular weight is 363 g/mol. The van der Waals surface area contributed by atoms with E-state index in [1.165, 1.54) is 0 Å². The van der Waals surface area contributed by atoms with E-state index in [-0.39, 0.29) is 26.2 Å². The second-order valence-corrected chi connectivity index (χ2v) is 1.92. The molecule has 0 amide bonds. The normalized spacial score (nSPS) is 6.62. The van der Waals surface area contributed by atoms with Crippen LogP contribution in [0.5, 0.6) is 0 Å². The van der Waals surface area contributed by atoms with Crippen LogP contribution in [0.15, 0.2) is 60.7 Å². The monoisotopic (exact) mass is 362 g/mol. The topological polar surface area (TPSA) is 0 Å². The van der Waals surface area contributed by atoms with E-state index in [0.717, 1.165) is 0 Å². The van der Waals surface area contributed by atoms with Gasteiger partial charge in [0.2, 0.25) is 0 Å². The molecule has 0 aromatic heterocycles.